The van der Waals surface area contributed by atoms with Crippen LogP contribution in [0.4, 0.5) is 9.18 Å². The van der Waals surface area contributed by atoms with Crippen LogP contribution in [0.3, 0.4) is 0 Å². The molecule has 0 unspecified atom stereocenters. The molecule has 2 N–H and O–H groups in total. The number of carbonyl (C=O) groups excluding carboxylic acids is 1. The minimum Gasteiger partial charge on any atom is -0.334 e. The molecule has 2 aromatic heterocycles. The van der Waals surface area contributed by atoms with Gasteiger partial charge in [-0.1, -0.05) is 31.4 Å². The van der Waals surface area contributed by atoms with Gasteiger partial charge in [-0.2, -0.15) is 5.10 Å². The smallest absolute Gasteiger partial charge is 0.317 e. The lowest BCUT2D eigenvalue weighted by Crippen LogP contribution is -2.53. The summed E-state index contributed by atoms with van der Waals surface area (Å²) in [6.07, 6.45) is 7.32. The minimum atomic E-state index is -0.302. The van der Waals surface area contributed by atoms with Crippen LogP contribution >= 0.6 is 0 Å². The number of nitrogens with zero attached hydrogens (tertiary/aromatic N) is 4. The highest BCUT2D eigenvalue weighted by molar-refractivity contribution is 5.76. The van der Waals surface area contributed by atoms with E-state index in [1.165, 1.54) is 31.4 Å². The van der Waals surface area contributed by atoms with Crippen molar-refractivity contribution in [2.24, 2.45) is 0 Å². The number of nitrogens with one attached hydrogen (secondary N) is 2. The molecule has 31 heavy (non-hydrogen) atoms. The Morgan fingerprint density at radius 3 is 2.65 bits per heavy atom. The fraction of sp³-hybridized carbons (Fsp3) is 0.455. The summed E-state index contributed by atoms with van der Waals surface area (Å²) in [4.78, 5) is 34.2. The largest absolute Gasteiger partial charge is 0.334 e. The van der Waals surface area contributed by atoms with Gasteiger partial charge in [0.25, 0.3) is 5.56 Å². The lowest BCUT2D eigenvalue weighted by atomic mass is 9.96. The molecule has 0 spiro atoms. The van der Waals surface area contributed by atoms with E-state index in [0.717, 1.165) is 18.4 Å². The first-order chi connectivity index (χ1) is 15.1. The molecule has 1 saturated carbocycles. The third kappa shape index (κ3) is 3.92. The number of urea groups is 1. The first-order valence-electron chi connectivity index (χ1n) is 10.8. The van der Waals surface area contributed by atoms with Gasteiger partial charge >= 0.3 is 6.03 Å². The van der Waals surface area contributed by atoms with E-state index in [4.69, 9.17) is 4.98 Å². The zero-order valence-electron chi connectivity index (χ0n) is 17.2. The van der Waals surface area contributed by atoms with Gasteiger partial charge in [0.1, 0.15) is 17.0 Å². The van der Waals surface area contributed by atoms with Gasteiger partial charge in [0, 0.05) is 19.6 Å². The molecule has 0 bridgehead atoms. The van der Waals surface area contributed by atoms with Crippen LogP contribution in [-0.4, -0.2) is 43.8 Å². The molecule has 3 heterocycles. The Bertz CT molecular complexity index is 1140. The summed E-state index contributed by atoms with van der Waals surface area (Å²) >= 11 is 0. The van der Waals surface area contributed by atoms with Crippen LogP contribution in [0.5, 0.6) is 0 Å². The Morgan fingerprint density at radius 1 is 1.16 bits per heavy atom. The summed E-state index contributed by atoms with van der Waals surface area (Å²) in [7, 11) is 0. The van der Waals surface area contributed by atoms with E-state index < -0.39 is 0 Å². The van der Waals surface area contributed by atoms with Gasteiger partial charge in [-0.15, -0.1) is 0 Å². The molecule has 2 aliphatic rings. The predicted octanol–water partition coefficient (Wildman–Crippen LogP) is 3.07. The van der Waals surface area contributed by atoms with Crippen LogP contribution in [0.2, 0.25) is 0 Å². The number of amides is 2. The highest BCUT2D eigenvalue weighted by Crippen LogP contribution is 2.30. The minimum absolute atomic E-state index is 0.0108. The lowest BCUT2D eigenvalue weighted by Gasteiger charge is -2.38. The Balaban J connectivity index is 1.25. The summed E-state index contributed by atoms with van der Waals surface area (Å²) in [6, 6.07) is 6.15. The molecule has 1 saturated heterocycles. The summed E-state index contributed by atoms with van der Waals surface area (Å²) in [6.45, 7) is 1.31. The highest BCUT2D eigenvalue weighted by atomic mass is 19.1. The monoisotopic (exact) mass is 424 g/mol. The number of rotatable bonds is 4. The topological polar surface area (TPSA) is 95.9 Å². The van der Waals surface area contributed by atoms with Crippen molar-refractivity contribution in [1.82, 2.24) is 30.0 Å². The van der Waals surface area contributed by atoms with E-state index in [0.29, 0.717) is 42.5 Å². The van der Waals surface area contributed by atoms with Gasteiger partial charge < -0.3 is 15.2 Å². The number of likely N-dealkylation sites (tertiary alicyclic amines) is 1. The zero-order valence-corrected chi connectivity index (χ0v) is 17.2. The van der Waals surface area contributed by atoms with Gasteiger partial charge in [0.15, 0.2) is 5.65 Å². The molecule has 2 fully saturated rings. The van der Waals surface area contributed by atoms with Crippen molar-refractivity contribution in [2.45, 2.75) is 50.6 Å². The Hall–Kier alpha value is -3.23. The summed E-state index contributed by atoms with van der Waals surface area (Å²) in [5, 5.41) is 7.82. The number of aromatic amines is 1. The first kappa shape index (κ1) is 19.7. The number of carbonyl (C=O) groups is 1. The third-order valence-corrected chi connectivity index (χ3v) is 6.31. The maximum absolute atomic E-state index is 13.0. The number of hydrogen-bond donors (Lipinski definition) is 2. The Morgan fingerprint density at radius 2 is 1.90 bits per heavy atom. The normalized spacial score (nSPS) is 17.6. The number of hydrogen-bond acceptors (Lipinski definition) is 4. The summed E-state index contributed by atoms with van der Waals surface area (Å²) in [5.74, 6) is 0.296. The van der Waals surface area contributed by atoms with E-state index in [1.807, 2.05) is 4.68 Å². The predicted molar refractivity (Wildman–Crippen MR) is 113 cm³/mol. The second-order valence-corrected chi connectivity index (χ2v) is 8.46. The number of halogens is 1. The van der Waals surface area contributed by atoms with Gasteiger partial charge in [-0.25, -0.2) is 18.9 Å². The maximum Gasteiger partial charge on any atom is 0.317 e. The van der Waals surface area contributed by atoms with Gasteiger partial charge in [-0.3, -0.25) is 4.79 Å². The van der Waals surface area contributed by atoms with Gasteiger partial charge in [0.2, 0.25) is 0 Å². The standard InChI is InChI=1S/C22H25FN6O2/c23-16-8-6-14(7-9-16)10-24-22(31)28-12-15(13-28)19-26-20-18(21(30)27-19)11-25-29(20)17-4-2-1-3-5-17/h6-9,11,15,17H,1-5,10,12-13H2,(H,24,31)(H,26,27,30). The van der Waals surface area contributed by atoms with Crippen molar-refractivity contribution < 1.29 is 9.18 Å². The molecule has 2 amide bonds. The fourth-order valence-electron chi connectivity index (χ4n) is 4.45. The van der Waals surface area contributed by atoms with E-state index in [2.05, 4.69) is 15.4 Å². The molecule has 1 aliphatic heterocycles. The molecule has 0 radical (unpaired) electrons. The maximum atomic E-state index is 13.0. The van der Waals surface area contributed by atoms with Crippen molar-refractivity contribution in [1.29, 1.82) is 0 Å². The molecule has 1 aliphatic carbocycles. The van der Waals surface area contributed by atoms with Gasteiger partial charge in [0.05, 0.1) is 18.2 Å². The number of aromatic nitrogens is 4. The molecule has 0 atom stereocenters. The Kier molecular flexibility index (Phi) is 5.17. The molecule has 162 valence electrons. The number of benzene rings is 1. The zero-order chi connectivity index (χ0) is 21.4. The summed E-state index contributed by atoms with van der Waals surface area (Å²) < 4.78 is 14.9. The second-order valence-electron chi connectivity index (χ2n) is 8.46. The molecule has 8 nitrogen and oxygen atoms in total. The molecule has 9 heteroatoms. The number of fused-ring (bicyclic) bond motifs is 1. The van der Waals surface area contributed by atoms with Crippen molar-refractivity contribution in [3.05, 3.63) is 58.0 Å². The summed E-state index contributed by atoms with van der Waals surface area (Å²) in [5.41, 5.74) is 1.30. The lowest BCUT2D eigenvalue weighted by molar-refractivity contribution is 0.148. The number of H-pyrrole nitrogens is 1. The van der Waals surface area contributed by atoms with Crippen molar-refractivity contribution in [3.8, 4) is 0 Å². The van der Waals surface area contributed by atoms with Crippen molar-refractivity contribution >= 4 is 17.1 Å². The fourth-order valence-corrected chi connectivity index (χ4v) is 4.45. The van der Waals surface area contributed by atoms with Crippen molar-refractivity contribution in [3.63, 3.8) is 0 Å². The van der Waals surface area contributed by atoms with Crippen LogP contribution in [-0.2, 0) is 6.54 Å². The van der Waals surface area contributed by atoms with Crippen molar-refractivity contribution in [2.75, 3.05) is 13.1 Å². The van der Waals surface area contributed by atoms with E-state index >= 15 is 0 Å². The molecular weight excluding hydrogens is 399 g/mol. The molecule has 1 aromatic carbocycles. The van der Waals surface area contributed by atoms with Crippen LogP contribution in [0.1, 0.15) is 55.5 Å². The average Bonchev–Trinajstić information content (AvgIpc) is 3.18. The second kappa shape index (κ2) is 8.13. The molecular formula is C22H25FN6O2. The average molecular weight is 424 g/mol. The Labute approximate surface area is 178 Å². The van der Waals surface area contributed by atoms with E-state index in [9.17, 15) is 14.0 Å². The van der Waals surface area contributed by atoms with Crippen LogP contribution in [0.15, 0.2) is 35.3 Å². The van der Waals surface area contributed by atoms with Crippen LogP contribution < -0.4 is 10.9 Å². The quantitative estimate of drug-likeness (QED) is 0.673. The van der Waals surface area contributed by atoms with E-state index in [1.54, 1.807) is 23.2 Å². The van der Waals surface area contributed by atoms with E-state index in [-0.39, 0.29) is 23.3 Å². The first-order valence-corrected chi connectivity index (χ1v) is 10.8. The third-order valence-electron chi connectivity index (χ3n) is 6.31. The highest BCUT2D eigenvalue weighted by Gasteiger charge is 2.34. The van der Waals surface area contributed by atoms with Crippen LogP contribution in [0, 0.1) is 5.82 Å². The molecule has 5 rings (SSSR count). The van der Waals surface area contributed by atoms with Gasteiger partial charge in [-0.05, 0) is 30.5 Å². The SMILES string of the molecule is O=C(NCc1ccc(F)cc1)N1CC(c2nc3c(cnn3C3CCCCC3)c(=O)[nH]2)C1. The van der Waals surface area contributed by atoms with Crippen LogP contribution in [0.25, 0.3) is 11.0 Å². The molecule has 3 aromatic rings.